The summed E-state index contributed by atoms with van der Waals surface area (Å²) in [7, 11) is 0. The Kier molecular flexibility index (Phi) is 10.7. The number of benzene rings is 2. The van der Waals surface area contributed by atoms with E-state index in [1.807, 2.05) is 30.3 Å². The molecular weight excluding hydrogens is 609 g/mol. The fourth-order valence-corrected chi connectivity index (χ4v) is 5.46. The molecule has 242 valence electrons. The first-order chi connectivity index (χ1) is 22.2. The Morgan fingerprint density at radius 2 is 1.93 bits per heavy atom. The third kappa shape index (κ3) is 8.52. The van der Waals surface area contributed by atoms with Gasteiger partial charge in [-0.05, 0) is 66.6 Å². The zero-order chi connectivity index (χ0) is 32.6. The molecule has 0 saturated carbocycles. The van der Waals surface area contributed by atoms with Gasteiger partial charge in [0.15, 0.2) is 17.6 Å². The number of halogens is 2. The summed E-state index contributed by atoms with van der Waals surface area (Å²) in [6.45, 7) is 6.00. The van der Waals surface area contributed by atoms with Crippen LogP contribution in [0, 0.1) is 11.7 Å². The van der Waals surface area contributed by atoms with Gasteiger partial charge in [-0.25, -0.2) is 9.18 Å². The molecule has 0 spiro atoms. The number of rotatable bonds is 15. The first kappa shape index (κ1) is 32.7. The van der Waals surface area contributed by atoms with Crippen molar-refractivity contribution < 1.29 is 8.91 Å². The monoisotopic (exact) mass is 647 g/mol. The number of aromatic nitrogens is 4. The van der Waals surface area contributed by atoms with Crippen molar-refractivity contribution in [2.45, 2.75) is 52.1 Å². The van der Waals surface area contributed by atoms with Crippen LogP contribution in [0.3, 0.4) is 0 Å². The maximum Gasteiger partial charge on any atom is 0.354 e. The summed E-state index contributed by atoms with van der Waals surface area (Å²) in [5.74, 6) is 0.780. The standard InChI is InChI=1S/C33H39ClFN9O2/c1-20(2)4-3-5-22-14-26(30(35)27(34)15-22)28-16-23-19-44(33(45)42-31(23)41-28)25-8-6-21(7-9-25)17-39-24(10-12-38-32(36)37)18-40-29-11-13-46-43-29/h6-9,11,13-16,19-20,24,39H,3-5,10,12,17-18H2,1-2H3,(H,40,43)(H4,36,37,38)(H,41,42,45)/t24-/m1/s1. The minimum absolute atomic E-state index is 0.0388. The molecule has 0 radical (unpaired) electrons. The molecule has 7 N–H and O–H groups in total. The van der Waals surface area contributed by atoms with Gasteiger partial charge in [0, 0.05) is 48.9 Å². The smallest absolute Gasteiger partial charge is 0.354 e. The van der Waals surface area contributed by atoms with Crippen molar-refractivity contribution in [3.05, 3.63) is 93.4 Å². The highest BCUT2D eigenvalue weighted by molar-refractivity contribution is 6.31. The first-order valence-electron chi connectivity index (χ1n) is 15.3. The molecule has 1 atom stereocenters. The fraction of sp³-hybridized carbons (Fsp3) is 0.333. The number of H-pyrrole nitrogens is 1. The lowest BCUT2D eigenvalue weighted by Gasteiger charge is -2.18. The Bertz CT molecular complexity index is 1830. The van der Waals surface area contributed by atoms with Crippen molar-refractivity contribution in [1.29, 1.82) is 0 Å². The van der Waals surface area contributed by atoms with Crippen LogP contribution >= 0.6 is 11.6 Å². The zero-order valence-electron chi connectivity index (χ0n) is 25.9. The topological polar surface area (TPSA) is 165 Å². The van der Waals surface area contributed by atoms with Crippen LogP contribution in [-0.4, -0.2) is 44.8 Å². The quantitative estimate of drug-likeness (QED) is 0.0747. The molecule has 3 aromatic heterocycles. The summed E-state index contributed by atoms with van der Waals surface area (Å²) in [6.07, 6.45) is 6.77. The number of hydrogen-bond acceptors (Lipinski definition) is 7. The second kappa shape index (κ2) is 15.1. The van der Waals surface area contributed by atoms with Crippen molar-refractivity contribution in [3.63, 3.8) is 0 Å². The normalized spacial score (nSPS) is 12.1. The number of aryl methyl sites for hydroxylation is 1. The van der Waals surface area contributed by atoms with Gasteiger partial charge in [-0.1, -0.05) is 49.2 Å². The highest BCUT2D eigenvalue weighted by atomic mass is 35.5. The number of guanidine groups is 1. The molecule has 11 nitrogen and oxygen atoms in total. The Balaban J connectivity index is 1.30. The molecule has 2 aromatic carbocycles. The molecule has 0 saturated heterocycles. The summed E-state index contributed by atoms with van der Waals surface area (Å²) >= 11 is 6.28. The SMILES string of the molecule is CC(C)CCCc1cc(Cl)c(F)c(-c2cc3cn(-c4ccc(CN[C@H](CCN=C(N)N)CNc5ccon5)cc4)c(=O)nc3[nH]2)c1. The van der Waals surface area contributed by atoms with Crippen LogP contribution in [0.5, 0.6) is 0 Å². The van der Waals surface area contributed by atoms with Crippen LogP contribution in [0.4, 0.5) is 10.2 Å². The molecule has 0 amide bonds. The van der Waals surface area contributed by atoms with Crippen LogP contribution < -0.4 is 27.8 Å². The first-order valence-corrected chi connectivity index (χ1v) is 15.7. The summed E-state index contributed by atoms with van der Waals surface area (Å²) in [4.78, 5) is 24.5. The fourth-order valence-electron chi connectivity index (χ4n) is 5.22. The van der Waals surface area contributed by atoms with Crippen LogP contribution in [0.25, 0.3) is 28.0 Å². The minimum atomic E-state index is -0.507. The summed E-state index contributed by atoms with van der Waals surface area (Å²) in [5, 5.41) is 11.4. The molecule has 46 heavy (non-hydrogen) atoms. The second-order valence-electron chi connectivity index (χ2n) is 11.7. The van der Waals surface area contributed by atoms with E-state index in [1.165, 1.54) is 10.8 Å². The van der Waals surface area contributed by atoms with E-state index in [9.17, 15) is 4.79 Å². The third-order valence-corrected chi connectivity index (χ3v) is 7.96. The third-order valence-electron chi connectivity index (χ3n) is 7.68. The molecule has 3 heterocycles. The Morgan fingerprint density at radius 3 is 2.65 bits per heavy atom. The van der Waals surface area contributed by atoms with E-state index in [1.54, 1.807) is 24.4 Å². The number of anilines is 1. The Morgan fingerprint density at radius 1 is 1.13 bits per heavy atom. The van der Waals surface area contributed by atoms with E-state index in [0.717, 1.165) is 30.4 Å². The average molecular weight is 648 g/mol. The number of aliphatic imine (C=N–C) groups is 1. The lowest BCUT2D eigenvalue weighted by Crippen LogP contribution is -2.36. The van der Waals surface area contributed by atoms with Gasteiger partial charge in [-0.15, -0.1) is 0 Å². The number of nitrogens with one attached hydrogen (secondary N) is 3. The van der Waals surface area contributed by atoms with Crippen LogP contribution in [-0.2, 0) is 13.0 Å². The molecule has 0 fully saturated rings. The van der Waals surface area contributed by atoms with E-state index < -0.39 is 11.5 Å². The molecule has 13 heteroatoms. The summed E-state index contributed by atoms with van der Waals surface area (Å²) in [6, 6.07) is 14.7. The van der Waals surface area contributed by atoms with Crippen molar-refractivity contribution in [2.24, 2.45) is 22.4 Å². The van der Waals surface area contributed by atoms with Gasteiger partial charge >= 0.3 is 5.69 Å². The van der Waals surface area contributed by atoms with E-state index in [2.05, 4.69) is 44.6 Å². The van der Waals surface area contributed by atoms with Gasteiger partial charge in [-0.3, -0.25) is 9.56 Å². The predicted octanol–water partition coefficient (Wildman–Crippen LogP) is 5.37. The zero-order valence-corrected chi connectivity index (χ0v) is 26.6. The molecular formula is C33H39ClFN9O2. The van der Waals surface area contributed by atoms with Gasteiger partial charge < -0.3 is 31.6 Å². The summed E-state index contributed by atoms with van der Waals surface area (Å²) < 4.78 is 21.5. The molecule has 5 rings (SSSR count). The minimum Gasteiger partial charge on any atom is -0.370 e. The van der Waals surface area contributed by atoms with Crippen molar-refractivity contribution in [1.82, 2.24) is 25.0 Å². The van der Waals surface area contributed by atoms with Crippen LogP contribution in [0.2, 0.25) is 5.02 Å². The van der Waals surface area contributed by atoms with Crippen molar-refractivity contribution >= 4 is 34.4 Å². The molecule has 0 bridgehead atoms. The van der Waals surface area contributed by atoms with Gasteiger partial charge in [0.05, 0.1) is 16.4 Å². The van der Waals surface area contributed by atoms with E-state index in [0.29, 0.717) is 65.8 Å². The van der Waals surface area contributed by atoms with Crippen molar-refractivity contribution in [3.8, 4) is 16.9 Å². The lowest BCUT2D eigenvalue weighted by atomic mass is 10.00. The predicted molar refractivity (Wildman–Crippen MR) is 181 cm³/mol. The van der Waals surface area contributed by atoms with Gasteiger partial charge in [-0.2, -0.15) is 4.98 Å². The maximum atomic E-state index is 15.2. The van der Waals surface area contributed by atoms with Crippen LogP contribution in [0.1, 0.15) is 44.2 Å². The number of hydrogen-bond donors (Lipinski definition) is 5. The summed E-state index contributed by atoms with van der Waals surface area (Å²) in [5.41, 5.74) is 14.4. The van der Waals surface area contributed by atoms with E-state index in [4.69, 9.17) is 27.6 Å². The largest absolute Gasteiger partial charge is 0.370 e. The van der Waals surface area contributed by atoms with Gasteiger partial charge in [0.2, 0.25) is 0 Å². The maximum absolute atomic E-state index is 15.2. The Labute approximate surface area is 271 Å². The lowest BCUT2D eigenvalue weighted by molar-refractivity contribution is 0.421. The highest BCUT2D eigenvalue weighted by Crippen LogP contribution is 2.31. The molecule has 0 unspecified atom stereocenters. The molecule has 0 aliphatic rings. The van der Waals surface area contributed by atoms with Gasteiger partial charge in [0.1, 0.15) is 11.9 Å². The number of nitrogens with zero attached hydrogens (tertiary/aromatic N) is 4. The second-order valence-corrected chi connectivity index (χ2v) is 12.1. The van der Waals surface area contributed by atoms with Crippen LogP contribution in [0.15, 0.2) is 75.3 Å². The number of fused-ring (bicyclic) bond motifs is 1. The molecule has 0 aliphatic heterocycles. The number of aromatic amines is 1. The van der Waals surface area contributed by atoms with E-state index >= 15 is 4.39 Å². The van der Waals surface area contributed by atoms with Gasteiger partial charge in [0.25, 0.3) is 0 Å². The van der Waals surface area contributed by atoms with Crippen molar-refractivity contribution in [2.75, 3.05) is 18.4 Å². The highest BCUT2D eigenvalue weighted by Gasteiger charge is 2.16. The number of nitrogens with two attached hydrogens (primary N) is 2. The van der Waals surface area contributed by atoms with E-state index in [-0.39, 0.29) is 17.0 Å². The molecule has 0 aliphatic carbocycles. The molecule has 5 aromatic rings. The average Bonchev–Trinajstić information content (AvgIpc) is 3.69. The Hall–Kier alpha value is -4.68.